The number of likely N-dealkylation sites (N-methyl/N-ethyl adjacent to an activating group) is 1. The fourth-order valence-corrected chi connectivity index (χ4v) is 5.28. The molecule has 3 amide bonds. The zero-order chi connectivity index (χ0) is 27.3. The molecular weight excluding hydrogens is 496 g/mol. The lowest BCUT2D eigenvalue weighted by Gasteiger charge is -2.38. The number of aliphatic hydroxyl groups is 1. The van der Waals surface area contributed by atoms with E-state index in [1.807, 2.05) is 20.8 Å². The van der Waals surface area contributed by atoms with Crippen LogP contribution in [0.1, 0.15) is 38.1 Å². The van der Waals surface area contributed by atoms with Crippen LogP contribution in [0.4, 0.5) is 10.5 Å². The molecule has 0 spiro atoms. The van der Waals surface area contributed by atoms with E-state index in [4.69, 9.17) is 4.74 Å². The van der Waals surface area contributed by atoms with E-state index in [0.717, 1.165) is 0 Å². The van der Waals surface area contributed by atoms with Crippen LogP contribution in [0.3, 0.4) is 0 Å². The number of nitrogens with zero attached hydrogens (tertiary/aromatic N) is 2. The molecule has 37 heavy (non-hydrogen) atoms. The van der Waals surface area contributed by atoms with Crippen molar-refractivity contribution in [3.8, 4) is 5.75 Å². The summed E-state index contributed by atoms with van der Waals surface area (Å²) in [6.07, 6.45) is -0.591. The monoisotopic (exact) mass is 532 g/mol. The van der Waals surface area contributed by atoms with Crippen molar-refractivity contribution >= 4 is 27.6 Å². The maximum absolute atomic E-state index is 13.5. The molecule has 1 heterocycles. The Morgan fingerprint density at radius 2 is 1.86 bits per heavy atom. The highest BCUT2D eigenvalue weighted by atomic mass is 32.2. The summed E-state index contributed by atoms with van der Waals surface area (Å²) in [5.74, 6) is -0.328. The standard InChI is InChI=1S/C26H36N4O6S/c1-17(2)27-26(33)28-20-11-12-23-22(13-20)25(32)30(19(4)16-31)14-18(3)24(36-23)15-29(5)37(34,35)21-9-7-6-8-10-21/h6-13,17-19,24,31H,14-16H2,1-5H3,(H2,27,28,33)/t18-,19+,24-/m1/s1. The number of aliphatic hydroxyl groups excluding tert-OH is 1. The molecule has 10 nitrogen and oxygen atoms in total. The van der Waals surface area contributed by atoms with Gasteiger partial charge in [0, 0.05) is 31.2 Å². The van der Waals surface area contributed by atoms with Crippen molar-refractivity contribution < 1.29 is 27.9 Å². The average molecular weight is 533 g/mol. The summed E-state index contributed by atoms with van der Waals surface area (Å²) in [7, 11) is -2.26. The summed E-state index contributed by atoms with van der Waals surface area (Å²) >= 11 is 0. The van der Waals surface area contributed by atoms with Gasteiger partial charge in [-0.25, -0.2) is 13.2 Å². The number of sulfonamides is 1. The number of benzene rings is 2. The highest BCUT2D eigenvalue weighted by Gasteiger charge is 2.35. The minimum Gasteiger partial charge on any atom is -0.488 e. The van der Waals surface area contributed by atoms with Gasteiger partial charge < -0.3 is 25.4 Å². The van der Waals surface area contributed by atoms with Gasteiger partial charge in [0.1, 0.15) is 11.9 Å². The molecule has 0 aromatic heterocycles. The van der Waals surface area contributed by atoms with Crippen LogP contribution in [0.2, 0.25) is 0 Å². The summed E-state index contributed by atoms with van der Waals surface area (Å²) in [5, 5.41) is 15.3. The number of carbonyl (C=O) groups excluding carboxylic acids is 2. The molecule has 11 heteroatoms. The number of amides is 3. The molecular formula is C26H36N4O6S. The summed E-state index contributed by atoms with van der Waals surface area (Å²) < 4.78 is 33.8. The van der Waals surface area contributed by atoms with E-state index in [1.54, 1.807) is 42.2 Å². The zero-order valence-electron chi connectivity index (χ0n) is 21.8. The number of ether oxygens (including phenoxy) is 1. The van der Waals surface area contributed by atoms with Crippen LogP contribution >= 0.6 is 0 Å². The third kappa shape index (κ3) is 6.79. The van der Waals surface area contributed by atoms with Crippen LogP contribution in [0.15, 0.2) is 53.4 Å². The summed E-state index contributed by atoms with van der Waals surface area (Å²) in [6, 6.07) is 12.0. The topological polar surface area (TPSA) is 128 Å². The third-order valence-electron chi connectivity index (χ3n) is 6.23. The highest BCUT2D eigenvalue weighted by molar-refractivity contribution is 7.89. The van der Waals surface area contributed by atoms with Gasteiger partial charge in [0.25, 0.3) is 5.91 Å². The molecule has 1 aliphatic rings. The second kappa shape index (κ2) is 11.9. The van der Waals surface area contributed by atoms with Crippen LogP contribution in [-0.4, -0.2) is 79.6 Å². The third-order valence-corrected chi connectivity index (χ3v) is 8.07. The van der Waals surface area contributed by atoms with Gasteiger partial charge in [-0.05, 0) is 51.1 Å². The lowest BCUT2D eigenvalue weighted by Crippen LogP contribution is -2.50. The second-order valence-electron chi connectivity index (χ2n) is 9.69. The van der Waals surface area contributed by atoms with Crippen LogP contribution in [0.5, 0.6) is 5.75 Å². The maximum Gasteiger partial charge on any atom is 0.319 e. The predicted molar refractivity (Wildman–Crippen MR) is 141 cm³/mol. The van der Waals surface area contributed by atoms with Crippen molar-refractivity contribution in [2.24, 2.45) is 5.92 Å². The smallest absolute Gasteiger partial charge is 0.319 e. The van der Waals surface area contributed by atoms with E-state index >= 15 is 0 Å². The van der Waals surface area contributed by atoms with Crippen molar-refractivity contribution in [3.05, 3.63) is 54.1 Å². The van der Waals surface area contributed by atoms with Gasteiger partial charge in [0.2, 0.25) is 10.0 Å². The number of hydrogen-bond acceptors (Lipinski definition) is 6. The fraction of sp³-hybridized carbons (Fsp3) is 0.462. The molecule has 0 saturated carbocycles. The maximum atomic E-state index is 13.5. The van der Waals surface area contributed by atoms with E-state index < -0.39 is 28.2 Å². The zero-order valence-corrected chi connectivity index (χ0v) is 22.7. The Morgan fingerprint density at radius 1 is 1.19 bits per heavy atom. The number of carbonyl (C=O) groups is 2. The molecule has 2 aromatic carbocycles. The van der Waals surface area contributed by atoms with Crippen LogP contribution in [0.25, 0.3) is 0 Å². The quantitative estimate of drug-likeness (QED) is 0.480. The molecule has 202 valence electrons. The Labute approximate surface area is 218 Å². The SMILES string of the molecule is CC(C)NC(=O)Nc1ccc2c(c1)C(=O)N([C@@H](C)CO)C[C@@H](C)[C@@H](CN(C)S(=O)(=O)c1ccccc1)O2. The molecule has 0 aliphatic carbocycles. The van der Waals surface area contributed by atoms with Gasteiger partial charge in [-0.2, -0.15) is 4.31 Å². The molecule has 0 saturated heterocycles. The summed E-state index contributed by atoms with van der Waals surface area (Å²) in [5.41, 5.74) is 0.618. The molecule has 3 rings (SSSR count). The first-order valence-corrected chi connectivity index (χ1v) is 13.7. The first-order valence-electron chi connectivity index (χ1n) is 12.3. The van der Waals surface area contributed by atoms with Gasteiger partial charge in [-0.15, -0.1) is 0 Å². The van der Waals surface area contributed by atoms with Gasteiger partial charge in [-0.3, -0.25) is 4.79 Å². The predicted octanol–water partition coefficient (Wildman–Crippen LogP) is 2.76. The lowest BCUT2D eigenvalue weighted by molar-refractivity contribution is 0.0387. The number of rotatable bonds is 8. The summed E-state index contributed by atoms with van der Waals surface area (Å²) in [4.78, 5) is 27.5. The van der Waals surface area contributed by atoms with Gasteiger partial charge in [-0.1, -0.05) is 25.1 Å². The average Bonchev–Trinajstić information content (AvgIpc) is 2.85. The van der Waals surface area contributed by atoms with Crippen molar-refractivity contribution in [2.75, 3.05) is 32.1 Å². The van der Waals surface area contributed by atoms with E-state index in [1.165, 1.54) is 29.6 Å². The molecule has 2 aromatic rings. The Kier molecular flexibility index (Phi) is 9.16. The number of fused-ring (bicyclic) bond motifs is 1. The van der Waals surface area contributed by atoms with E-state index in [-0.39, 0.29) is 53.8 Å². The van der Waals surface area contributed by atoms with Crippen LogP contribution < -0.4 is 15.4 Å². The Bertz CT molecular complexity index is 1200. The number of anilines is 1. The Hall–Kier alpha value is -3.15. The van der Waals surface area contributed by atoms with Gasteiger partial charge in [0.15, 0.2) is 0 Å². The first kappa shape index (κ1) is 28.4. The van der Waals surface area contributed by atoms with Crippen molar-refractivity contribution in [2.45, 2.75) is 50.8 Å². The molecule has 3 N–H and O–H groups in total. The first-order chi connectivity index (χ1) is 17.4. The molecule has 3 atom stereocenters. The molecule has 0 unspecified atom stereocenters. The largest absolute Gasteiger partial charge is 0.488 e. The van der Waals surface area contributed by atoms with Crippen molar-refractivity contribution in [1.29, 1.82) is 0 Å². The molecule has 0 radical (unpaired) electrons. The van der Waals surface area contributed by atoms with Crippen molar-refractivity contribution in [1.82, 2.24) is 14.5 Å². The minimum atomic E-state index is -3.76. The molecule has 0 bridgehead atoms. The van der Waals surface area contributed by atoms with Gasteiger partial charge >= 0.3 is 6.03 Å². The van der Waals surface area contributed by atoms with Crippen LogP contribution in [-0.2, 0) is 10.0 Å². The van der Waals surface area contributed by atoms with E-state index in [9.17, 15) is 23.1 Å². The normalized spacial score (nSPS) is 19.0. The Morgan fingerprint density at radius 3 is 2.49 bits per heavy atom. The van der Waals surface area contributed by atoms with E-state index in [2.05, 4.69) is 10.6 Å². The number of nitrogens with one attached hydrogen (secondary N) is 2. The fourth-order valence-electron chi connectivity index (χ4n) is 4.07. The molecule has 0 fully saturated rings. The summed E-state index contributed by atoms with van der Waals surface area (Å²) in [6.45, 7) is 7.35. The van der Waals surface area contributed by atoms with Gasteiger partial charge in [0.05, 0.1) is 29.7 Å². The minimum absolute atomic E-state index is 0.0458. The number of hydrogen-bond donors (Lipinski definition) is 3. The number of urea groups is 1. The van der Waals surface area contributed by atoms with Crippen LogP contribution in [0, 0.1) is 5.92 Å². The highest BCUT2D eigenvalue weighted by Crippen LogP contribution is 2.31. The Balaban J connectivity index is 1.95. The molecule has 1 aliphatic heterocycles. The van der Waals surface area contributed by atoms with Crippen molar-refractivity contribution in [3.63, 3.8) is 0 Å². The second-order valence-corrected chi connectivity index (χ2v) is 11.7. The lowest BCUT2D eigenvalue weighted by atomic mass is 9.99. The van der Waals surface area contributed by atoms with E-state index in [0.29, 0.717) is 5.69 Å².